The van der Waals surface area contributed by atoms with Gasteiger partial charge in [-0.25, -0.2) is 9.50 Å². The highest BCUT2D eigenvalue weighted by Crippen LogP contribution is 2.28. The van der Waals surface area contributed by atoms with Crippen molar-refractivity contribution in [2.45, 2.75) is 44.8 Å². The molecule has 0 aliphatic heterocycles. The second-order valence-electron chi connectivity index (χ2n) is 9.53. The Balaban J connectivity index is 1.51. The molecule has 1 amide bonds. The maximum absolute atomic E-state index is 12.8. The molecule has 1 fully saturated rings. The second-order valence-corrected chi connectivity index (χ2v) is 9.53. The van der Waals surface area contributed by atoms with Crippen LogP contribution in [-0.2, 0) is 6.42 Å². The monoisotopic (exact) mass is 523 g/mol. The molecule has 0 unspecified atom stereocenters. The number of fused-ring (bicyclic) bond motifs is 1. The molecule has 10 heteroatoms. The second kappa shape index (κ2) is 10.4. The van der Waals surface area contributed by atoms with Crippen LogP contribution in [0.25, 0.3) is 16.9 Å². The fourth-order valence-electron chi connectivity index (χ4n) is 4.33. The van der Waals surface area contributed by atoms with Crippen molar-refractivity contribution in [3.8, 4) is 17.0 Å². The van der Waals surface area contributed by atoms with Gasteiger partial charge >= 0.3 is 6.18 Å². The maximum atomic E-state index is 12.8. The van der Waals surface area contributed by atoms with Gasteiger partial charge in [-0.2, -0.15) is 18.3 Å². The highest BCUT2D eigenvalue weighted by Gasteiger charge is 2.27. The number of amides is 1. The van der Waals surface area contributed by atoms with E-state index < -0.39 is 12.6 Å². The number of aromatic nitrogens is 3. The van der Waals surface area contributed by atoms with E-state index in [1.54, 1.807) is 30.0 Å². The van der Waals surface area contributed by atoms with E-state index >= 15 is 0 Å². The van der Waals surface area contributed by atoms with Crippen molar-refractivity contribution in [3.05, 3.63) is 77.1 Å². The number of halogens is 3. The van der Waals surface area contributed by atoms with Crippen molar-refractivity contribution in [2.75, 3.05) is 19.0 Å². The normalized spacial score (nSPS) is 13.5. The van der Waals surface area contributed by atoms with Crippen molar-refractivity contribution in [1.29, 1.82) is 0 Å². The summed E-state index contributed by atoms with van der Waals surface area (Å²) in [6.07, 6.45) is -1.14. The molecule has 2 aromatic carbocycles. The molecule has 2 heterocycles. The van der Waals surface area contributed by atoms with Gasteiger partial charge < -0.3 is 15.4 Å². The number of methoxy groups -OCH3 is 1. The van der Waals surface area contributed by atoms with Crippen LogP contribution in [-0.4, -0.2) is 46.4 Å². The van der Waals surface area contributed by atoms with Crippen molar-refractivity contribution in [1.82, 2.24) is 19.9 Å². The molecule has 0 spiro atoms. The topological polar surface area (TPSA) is 80.5 Å². The van der Waals surface area contributed by atoms with Crippen molar-refractivity contribution in [2.24, 2.45) is 0 Å². The highest BCUT2D eigenvalue weighted by molar-refractivity contribution is 5.96. The van der Waals surface area contributed by atoms with Gasteiger partial charge in [-0.05, 0) is 61.2 Å². The summed E-state index contributed by atoms with van der Waals surface area (Å²) in [4.78, 5) is 17.0. The first-order valence-electron chi connectivity index (χ1n) is 12.4. The number of anilines is 1. The molecule has 0 radical (unpaired) electrons. The Morgan fingerprint density at radius 3 is 2.68 bits per heavy atom. The summed E-state index contributed by atoms with van der Waals surface area (Å²) in [6.45, 7) is 1.59. The smallest absolute Gasteiger partial charge is 0.390 e. The van der Waals surface area contributed by atoms with E-state index in [-0.39, 0.29) is 18.5 Å². The Bertz CT molecular complexity index is 1480. The molecule has 0 saturated heterocycles. The Kier molecular flexibility index (Phi) is 6.96. The first-order chi connectivity index (χ1) is 18.2. The predicted molar refractivity (Wildman–Crippen MR) is 139 cm³/mol. The molecule has 2 aromatic heterocycles. The number of alkyl halides is 3. The number of rotatable bonds is 9. The third kappa shape index (κ3) is 5.90. The van der Waals surface area contributed by atoms with Gasteiger partial charge in [0.15, 0.2) is 5.65 Å². The van der Waals surface area contributed by atoms with Crippen LogP contribution < -0.4 is 15.4 Å². The molecule has 0 atom stereocenters. The largest absolute Gasteiger partial charge is 0.497 e. The lowest BCUT2D eigenvalue weighted by Crippen LogP contribution is -2.26. The molecule has 1 aliphatic carbocycles. The molecule has 38 heavy (non-hydrogen) atoms. The van der Waals surface area contributed by atoms with Crippen LogP contribution in [0.3, 0.4) is 0 Å². The standard InChI is InChI=1S/C28H28F3N5O2/c1-17-12-19(6-9-23(17)27(37)34-20-7-8-20)25-16-33-26-24(32-11-10-28(29,30)31)15-21(35-36(25)26)13-18-4-3-5-22(14-18)38-2/h3-6,9,12,14-16,20,32H,7-8,10-11,13H2,1-2H3,(H,34,37). The van der Waals surface area contributed by atoms with E-state index in [9.17, 15) is 18.0 Å². The zero-order valence-electron chi connectivity index (χ0n) is 21.1. The molecule has 198 valence electrons. The number of ether oxygens (including phenoxy) is 1. The molecule has 5 rings (SSSR count). The number of imidazole rings is 1. The Morgan fingerprint density at radius 2 is 1.97 bits per heavy atom. The third-order valence-electron chi connectivity index (χ3n) is 6.44. The summed E-state index contributed by atoms with van der Waals surface area (Å²) in [5, 5.41) is 10.7. The number of carbonyl (C=O) groups is 1. The molecule has 4 aromatic rings. The highest BCUT2D eigenvalue weighted by atomic mass is 19.4. The lowest BCUT2D eigenvalue weighted by molar-refractivity contribution is -0.131. The van der Waals surface area contributed by atoms with Gasteiger partial charge in [0.1, 0.15) is 5.75 Å². The number of carbonyl (C=O) groups excluding carboxylic acids is 1. The van der Waals surface area contributed by atoms with Crippen LogP contribution in [0.2, 0.25) is 0 Å². The summed E-state index contributed by atoms with van der Waals surface area (Å²) >= 11 is 0. The SMILES string of the molecule is COc1cccc(Cc2cc(NCCC(F)(F)F)c3ncc(-c4ccc(C(=O)NC5CC5)c(C)c4)n3n2)c1. The molecular weight excluding hydrogens is 495 g/mol. The van der Waals surface area contributed by atoms with E-state index in [1.165, 1.54) is 0 Å². The lowest BCUT2D eigenvalue weighted by atomic mass is 10.0. The van der Waals surface area contributed by atoms with E-state index in [0.29, 0.717) is 40.5 Å². The summed E-state index contributed by atoms with van der Waals surface area (Å²) in [5.41, 5.74) is 5.36. The van der Waals surface area contributed by atoms with Crippen LogP contribution in [0.15, 0.2) is 54.7 Å². The summed E-state index contributed by atoms with van der Waals surface area (Å²) in [6, 6.07) is 15.1. The lowest BCUT2D eigenvalue weighted by Gasteiger charge is -2.13. The van der Waals surface area contributed by atoms with Gasteiger partial charge in [-0.3, -0.25) is 4.79 Å². The van der Waals surface area contributed by atoms with Crippen LogP contribution in [0.5, 0.6) is 5.75 Å². The zero-order valence-corrected chi connectivity index (χ0v) is 21.1. The minimum Gasteiger partial charge on any atom is -0.497 e. The van der Waals surface area contributed by atoms with Crippen molar-refractivity contribution < 1.29 is 22.7 Å². The van der Waals surface area contributed by atoms with E-state index in [2.05, 4.69) is 15.6 Å². The van der Waals surface area contributed by atoms with Crippen LogP contribution in [0.4, 0.5) is 18.9 Å². The number of aryl methyl sites for hydroxylation is 1. The van der Waals surface area contributed by atoms with Gasteiger partial charge in [0.25, 0.3) is 5.91 Å². The maximum Gasteiger partial charge on any atom is 0.390 e. The quantitative estimate of drug-likeness (QED) is 0.300. The van der Waals surface area contributed by atoms with E-state index in [1.807, 2.05) is 43.3 Å². The van der Waals surface area contributed by atoms with Gasteiger partial charge in [0.2, 0.25) is 0 Å². The summed E-state index contributed by atoms with van der Waals surface area (Å²) in [7, 11) is 1.59. The molecular formula is C28H28F3N5O2. The van der Waals surface area contributed by atoms with Crippen LogP contribution in [0.1, 0.15) is 46.4 Å². The van der Waals surface area contributed by atoms with E-state index in [0.717, 1.165) is 29.5 Å². The van der Waals surface area contributed by atoms with Crippen molar-refractivity contribution in [3.63, 3.8) is 0 Å². The fourth-order valence-corrected chi connectivity index (χ4v) is 4.33. The first-order valence-corrected chi connectivity index (χ1v) is 12.4. The van der Waals surface area contributed by atoms with Crippen LogP contribution in [0, 0.1) is 6.92 Å². The fraction of sp³-hybridized carbons (Fsp3) is 0.321. The van der Waals surface area contributed by atoms with Gasteiger partial charge in [0.05, 0.1) is 36.8 Å². The molecule has 1 aliphatic rings. The average molecular weight is 524 g/mol. The number of hydrogen-bond donors (Lipinski definition) is 2. The molecule has 0 bridgehead atoms. The van der Waals surface area contributed by atoms with E-state index in [4.69, 9.17) is 9.84 Å². The summed E-state index contributed by atoms with van der Waals surface area (Å²) < 4.78 is 45.4. The van der Waals surface area contributed by atoms with Gasteiger partial charge in [-0.1, -0.05) is 18.2 Å². The van der Waals surface area contributed by atoms with Gasteiger partial charge in [0, 0.05) is 30.1 Å². The number of hydrogen-bond acceptors (Lipinski definition) is 5. The number of nitrogens with one attached hydrogen (secondary N) is 2. The van der Waals surface area contributed by atoms with Gasteiger partial charge in [-0.15, -0.1) is 0 Å². The molecule has 7 nitrogen and oxygen atoms in total. The molecule has 1 saturated carbocycles. The number of nitrogens with zero attached hydrogens (tertiary/aromatic N) is 3. The average Bonchev–Trinajstić information content (AvgIpc) is 3.58. The third-order valence-corrected chi connectivity index (χ3v) is 6.44. The Labute approximate surface area is 218 Å². The number of benzene rings is 2. The minimum absolute atomic E-state index is 0.0930. The zero-order chi connectivity index (χ0) is 26.9. The van der Waals surface area contributed by atoms with Crippen molar-refractivity contribution >= 4 is 17.2 Å². The predicted octanol–water partition coefficient (Wildman–Crippen LogP) is 5.56. The minimum atomic E-state index is -4.27. The summed E-state index contributed by atoms with van der Waals surface area (Å²) in [5.74, 6) is 0.612. The first kappa shape index (κ1) is 25.6. The van der Waals surface area contributed by atoms with Crippen LogP contribution >= 0.6 is 0 Å². The Morgan fingerprint density at radius 1 is 1.16 bits per heavy atom. The molecule has 2 N–H and O–H groups in total. The Hall–Kier alpha value is -4.08.